The zero-order valence-corrected chi connectivity index (χ0v) is 17.7. The second kappa shape index (κ2) is 9.28. The van der Waals surface area contributed by atoms with Gasteiger partial charge in [-0.15, -0.1) is 0 Å². The van der Waals surface area contributed by atoms with Gasteiger partial charge in [-0.2, -0.15) is 0 Å². The molecule has 1 aliphatic heterocycles. The first-order valence-corrected chi connectivity index (χ1v) is 10.1. The Kier molecular flexibility index (Phi) is 6.78. The summed E-state index contributed by atoms with van der Waals surface area (Å²) in [5, 5.41) is 0. The summed E-state index contributed by atoms with van der Waals surface area (Å²) in [7, 11) is 1.56. The largest absolute Gasteiger partial charge is 0.493 e. The average molecular weight is 451 g/mol. The van der Waals surface area contributed by atoms with E-state index in [-0.39, 0.29) is 11.7 Å². The highest BCUT2D eigenvalue weighted by atomic mass is 79.9. The molecule has 0 spiro atoms. The van der Waals surface area contributed by atoms with Crippen LogP contribution in [0.3, 0.4) is 0 Å². The lowest BCUT2D eigenvalue weighted by Crippen LogP contribution is -2.49. The number of amides is 1. The molecule has 0 bridgehead atoms. The van der Waals surface area contributed by atoms with Crippen molar-refractivity contribution in [1.29, 1.82) is 0 Å². The summed E-state index contributed by atoms with van der Waals surface area (Å²) in [6, 6.07) is 10.2. The molecule has 0 N–H and O–H groups in total. The maximum absolute atomic E-state index is 14.0. The van der Waals surface area contributed by atoms with Crippen molar-refractivity contribution in [2.24, 2.45) is 0 Å². The Morgan fingerprint density at radius 3 is 2.54 bits per heavy atom. The fourth-order valence-electron chi connectivity index (χ4n) is 3.23. The van der Waals surface area contributed by atoms with Crippen LogP contribution in [0, 0.1) is 5.82 Å². The molecule has 0 radical (unpaired) electrons. The van der Waals surface area contributed by atoms with Gasteiger partial charge in [-0.3, -0.25) is 4.79 Å². The van der Waals surface area contributed by atoms with Gasteiger partial charge in [-0.1, -0.05) is 19.1 Å². The highest BCUT2D eigenvalue weighted by Crippen LogP contribution is 2.37. The van der Waals surface area contributed by atoms with Crippen LogP contribution in [0.15, 0.2) is 40.9 Å². The van der Waals surface area contributed by atoms with Crippen molar-refractivity contribution in [3.05, 3.63) is 52.3 Å². The summed E-state index contributed by atoms with van der Waals surface area (Å²) >= 11 is 3.48. The number of carbonyl (C=O) groups is 1. The van der Waals surface area contributed by atoms with Gasteiger partial charge in [0.25, 0.3) is 5.91 Å². The Hall–Kier alpha value is -2.28. The van der Waals surface area contributed by atoms with Gasteiger partial charge in [0, 0.05) is 31.7 Å². The molecule has 150 valence electrons. The first-order valence-electron chi connectivity index (χ1n) is 9.34. The zero-order valence-electron chi connectivity index (χ0n) is 16.1. The zero-order chi connectivity index (χ0) is 20.1. The Morgan fingerprint density at radius 2 is 1.89 bits per heavy atom. The van der Waals surface area contributed by atoms with Gasteiger partial charge in [0.05, 0.1) is 23.9 Å². The Balaban J connectivity index is 1.71. The maximum Gasteiger partial charge on any atom is 0.254 e. The number of halogens is 2. The SMILES string of the molecule is CCCOc1c(Br)cc(C(=O)N2CCN(c3ccccc3F)CC2)cc1OC. The molecule has 1 saturated heterocycles. The second-order valence-corrected chi connectivity index (χ2v) is 7.42. The smallest absolute Gasteiger partial charge is 0.254 e. The van der Waals surface area contributed by atoms with E-state index in [2.05, 4.69) is 15.9 Å². The lowest BCUT2D eigenvalue weighted by atomic mass is 10.1. The molecule has 0 aliphatic carbocycles. The lowest BCUT2D eigenvalue weighted by Gasteiger charge is -2.36. The number of ether oxygens (including phenoxy) is 2. The molecule has 7 heteroatoms. The monoisotopic (exact) mass is 450 g/mol. The van der Waals surface area contributed by atoms with Gasteiger partial charge < -0.3 is 19.3 Å². The van der Waals surface area contributed by atoms with Gasteiger partial charge in [0.2, 0.25) is 0 Å². The minimum atomic E-state index is -0.237. The molecule has 0 aromatic heterocycles. The van der Waals surface area contributed by atoms with E-state index in [9.17, 15) is 9.18 Å². The van der Waals surface area contributed by atoms with Crippen molar-refractivity contribution in [2.45, 2.75) is 13.3 Å². The van der Waals surface area contributed by atoms with Crippen molar-refractivity contribution < 1.29 is 18.7 Å². The van der Waals surface area contributed by atoms with Crippen LogP contribution >= 0.6 is 15.9 Å². The van der Waals surface area contributed by atoms with E-state index in [1.54, 1.807) is 36.3 Å². The van der Waals surface area contributed by atoms with Crippen LogP contribution in [0.5, 0.6) is 11.5 Å². The van der Waals surface area contributed by atoms with Crippen LogP contribution < -0.4 is 14.4 Å². The van der Waals surface area contributed by atoms with Crippen molar-refractivity contribution in [1.82, 2.24) is 4.90 Å². The number of carbonyl (C=O) groups excluding carboxylic acids is 1. The summed E-state index contributed by atoms with van der Waals surface area (Å²) < 4.78 is 25.8. The van der Waals surface area contributed by atoms with Crippen molar-refractivity contribution in [2.75, 3.05) is 44.8 Å². The van der Waals surface area contributed by atoms with Gasteiger partial charge in [0.15, 0.2) is 11.5 Å². The van der Waals surface area contributed by atoms with E-state index >= 15 is 0 Å². The minimum absolute atomic E-state index is 0.0748. The van der Waals surface area contributed by atoms with Crippen molar-refractivity contribution >= 4 is 27.5 Å². The lowest BCUT2D eigenvalue weighted by molar-refractivity contribution is 0.0746. The predicted octanol–water partition coefficient (Wildman–Crippen LogP) is 4.35. The average Bonchev–Trinajstić information content (AvgIpc) is 2.72. The molecule has 2 aromatic rings. The number of nitrogens with zero attached hydrogens (tertiary/aromatic N) is 2. The van der Waals surface area contributed by atoms with Crippen LogP contribution in [0.2, 0.25) is 0 Å². The molecule has 1 fully saturated rings. The van der Waals surface area contributed by atoms with Crippen molar-refractivity contribution in [3.63, 3.8) is 0 Å². The van der Waals surface area contributed by atoms with E-state index in [1.165, 1.54) is 6.07 Å². The molecule has 0 atom stereocenters. The number of rotatable bonds is 6. The molecule has 1 aliphatic rings. The number of para-hydroxylation sites is 1. The number of benzene rings is 2. The second-order valence-electron chi connectivity index (χ2n) is 6.57. The van der Waals surface area contributed by atoms with Crippen LogP contribution in [0.4, 0.5) is 10.1 Å². The highest BCUT2D eigenvalue weighted by Gasteiger charge is 2.25. The van der Waals surface area contributed by atoms with Gasteiger partial charge in [-0.25, -0.2) is 4.39 Å². The number of hydrogen-bond acceptors (Lipinski definition) is 4. The van der Waals surface area contributed by atoms with E-state index in [0.717, 1.165) is 6.42 Å². The highest BCUT2D eigenvalue weighted by molar-refractivity contribution is 9.10. The molecule has 1 amide bonds. The number of anilines is 1. The summed E-state index contributed by atoms with van der Waals surface area (Å²) in [6.45, 7) is 4.83. The molecular formula is C21H24BrFN2O3. The molecule has 0 saturated carbocycles. The molecular weight excluding hydrogens is 427 g/mol. The molecule has 3 rings (SSSR count). The number of piperazine rings is 1. The Bertz CT molecular complexity index is 838. The Morgan fingerprint density at radius 1 is 1.18 bits per heavy atom. The van der Waals surface area contributed by atoms with Gasteiger partial charge in [0.1, 0.15) is 5.82 Å². The van der Waals surface area contributed by atoms with Gasteiger partial charge >= 0.3 is 0 Å². The summed E-state index contributed by atoms with van der Waals surface area (Å²) in [5.41, 5.74) is 1.11. The van der Waals surface area contributed by atoms with Crippen LogP contribution in [0.1, 0.15) is 23.7 Å². The van der Waals surface area contributed by atoms with Crippen molar-refractivity contribution in [3.8, 4) is 11.5 Å². The van der Waals surface area contributed by atoms with Gasteiger partial charge in [-0.05, 0) is 46.6 Å². The van der Waals surface area contributed by atoms with E-state index < -0.39 is 0 Å². The quantitative estimate of drug-likeness (QED) is 0.655. The van der Waals surface area contributed by atoms with E-state index in [4.69, 9.17) is 9.47 Å². The molecule has 1 heterocycles. The first-order chi connectivity index (χ1) is 13.5. The molecule has 5 nitrogen and oxygen atoms in total. The number of hydrogen-bond donors (Lipinski definition) is 0. The topological polar surface area (TPSA) is 42.0 Å². The fourth-order valence-corrected chi connectivity index (χ4v) is 3.79. The molecule has 2 aromatic carbocycles. The summed E-state index contributed by atoms with van der Waals surface area (Å²) in [4.78, 5) is 16.7. The minimum Gasteiger partial charge on any atom is -0.493 e. The third-order valence-corrected chi connectivity index (χ3v) is 5.28. The van der Waals surface area contributed by atoms with E-state index in [1.807, 2.05) is 17.9 Å². The van der Waals surface area contributed by atoms with Crippen LogP contribution in [-0.4, -0.2) is 50.7 Å². The normalized spacial score (nSPS) is 14.1. The number of methoxy groups -OCH3 is 1. The summed E-state index contributed by atoms with van der Waals surface area (Å²) in [5.74, 6) is 0.814. The summed E-state index contributed by atoms with van der Waals surface area (Å²) in [6.07, 6.45) is 0.878. The third kappa shape index (κ3) is 4.41. The fraction of sp³-hybridized carbons (Fsp3) is 0.381. The third-order valence-electron chi connectivity index (χ3n) is 4.69. The standard InChI is InChI=1S/C21H24BrFN2O3/c1-3-12-28-20-16(22)13-15(14-19(20)27-2)21(26)25-10-8-24(9-11-25)18-7-5-4-6-17(18)23/h4-7,13-14H,3,8-12H2,1-2H3. The first kappa shape index (κ1) is 20.5. The molecule has 0 unspecified atom stereocenters. The van der Waals surface area contributed by atoms with Crippen LogP contribution in [0.25, 0.3) is 0 Å². The van der Waals surface area contributed by atoms with Crippen LogP contribution in [-0.2, 0) is 0 Å². The maximum atomic E-state index is 14.0. The predicted molar refractivity (Wildman–Crippen MR) is 111 cm³/mol. The Labute approximate surface area is 173 Å². The molecule has 28 heavy (non-hydrogen) atoms. The van der Waals surface area contributed by atoms with E-state index in [0.29, 0.717) is 60.0 Å².